The standard InChI is InChI=1S/C15H10N2O3/c18-15(19)13-7-6-10(9-17-13)20-14-5-1-4-12-11(14)3-2-8-16-12/h1-9H,(H,18,19). The first-order chi connectivity index (χ1) is 9.74. The fourth-order valence-corrected chi connectivity index (χ4v) is 1.86. The number of carbonyl (C=O) groups is 1. The molecule has 2 heterocycles. The number of nitrogens with zero attached hydrogens (tertiary/aromatic N) is 2. The number of carboxylic acid groups (broad SMARTS) is 1. The molecule has 3 aromatic rings. The van der Waals surface area contributed by atoms with Gasteiger partial charge in [0.05, 0.1) is 11.7 Å². The van der Waals surface area contributed by atoms with Crippen molar-refractivity contribution in [3.8, 4) is 11.5 Å². The minimum atomic E-state index is -1.06. The topological polar surface area (TPSA) is 72.3 Å². The van der Waals surface area contributed by atoms with E-state index in [2.05, 4.69) is 9.97 Å². The molecular weight excluding hydrogens is 256 g/mol. The molecule has 0 aliphatic heterocycles. The van der Waals surface area contributed by atoms with Gasteiger partial charge in [-0.2, -0.15) is 0 Å². The van der Waals surface area contributed by atoms with Crippen LogP contribution in [-0.4, -0.2) is 21.0 Å². The van der Waals surface area contributed by atoms with E-state index in [4.69, 9.17) is 9.84 Å². The lowest BCUT2D eigenvalue weighted by Gasteiger charge is -2.08. The second kappa shape index (κ2) is 4.97. The Labute approximate surface area is 114 Å². The van der Waals surface area contributed by atoms with Gasteiger partial charge in [0, 0.05) is 11.6 Å². The molecule has 3 rings (SSSR count). The first kappa shape index (κ1) is 12.1. The van der Waals surface area contributed by atoms with Crippen LogP contribution in [0.2, 0.25) is 0 Å². The molecule has 1 aromatic carbocycles. The Balaban J connectivity index is 1.95. The van der Waals surface area contributed by atoms with Crippen molar-refractivity contribution in [1.29, 1.82) is 0 Å². The van der Waals surface area contributed by atoms with Crippen molar-refractivity contribution in [2.45, 2.75) is 0 Å². The Hall–Kier alpha value is -2.95. The van der Waals surface area contributed by atoms with Crippen LogP contribution in [0.25, 0.3) is 10.9 Å². The number of ether oxygens (including phenoxy) is 1. The van der Waals surface area contributed by atoms with Gasteiger partial charge in [-0.3, -0.25) is 4.98 Å². The van der Waals surface area contributed by atoms with Crippen molar-refractivity contribution in [1.82, 2.24) is 9.97 Å². The highest BCUT2D eigenvalue weighted by molar-refractivity contribution is 5.86. The van der Waals surface area contributed by atoms with Gasteiger partial charge in [-0.25, -0.2) is 9.78 Å². The highest BCUT2D eigenvalue weighted by Crippen LogP contribution is 2.28. The molecule has 0 saturated heterocycles. The lowest BCUT2D eigenvalue weighted by Crippen LogP contribution is -1.99. The molecule has 0 aliphatic carbocycles. The van der Waals surface area contributed by atoms with E-state index in [1.165, 1.54) is 12.3 Å². The van der Waals surface area contributed by atoms with Gasteiger partial charge in [0.2, 0.25) is 0 Å². The molecule has 0 radical (unpaired) electrons. The number of aromatic nitrogens is 2. The van der Waals surface area contributed by atoms with E-state index in [1.54, 1.807) is 12.3 Å². The summed E-state index contributed by atoms with van der Waals surface area (Å²) < 4.78 is 5.73. The zero-order chi connectivity index (χ0) is 13.9. The van der Waals surface area contributed by atoms with Gasteiger partial charge in [0.25, 0.3) is 0 Å². The second-order valence-corrected chi connectivity index (χ2v) is 4.11. The fraction of sp³-hybridized carbons (Fsp3) is 0. The van der Waals surface area contributed by atoms with Crippen molar-refractivity contribution in [2.75, 3.05) is 0 Å². The molecule has 5 nitrogen and oxygen atoms in total. The first-order valence-electron chi connectivity index (χ1n) is 5.95. The van der Waals surface area contributed by atoms with Crippen molar-refractivity contribution in [3.63, 3.8) is 0 Å². The van der Waals surface area contributed by atoms with E-state index in [-0.39, 0.29) is 5.69 Å². The Bertz CT molecular complexity index is 764. The molecule has 5 heteroatoms. The third kappa shape index (κ3) is 2.29. The molecule has 0 spiro atoms. The van der Waals surface area contributed by atoms with Crippen LogP contribution < -0.4 is 4.74 Å². The van der Waals surface area contributed by atoms with Crippen molar-refractivity contribution in [3.05, 3.63) is 60.6 Å². The van der Waals surface area contributed by atoms with Gasteiger partial charge >= 0.3 is 5.97 Å². The summed E-state index contributed by atoms with van der Waals surface area (Å²) in [5.74, 6) is 0.0674. The molecule has 2 aromatic heterocycles. The summed E-state index contributed by atoms with van der Waals surface area (Å²) in [7, 11) is 0. The van der Waals surface area contributed by atoms with Crippen LogP contribution in [0.3, 0.4) is 0 Å². The molecule has 0 saturated carbocycles. The van der Waals surface area contributed by atoms with Crippen LogP contribution in [0.4, 0.5) is 0 Å². The van der Waals surface area contributed by atoms with E-state index in [0.29, 0.717) is 11.5 Å². The number of carboxylic acids is 1. The summed E-state index contributed by atoms with van der Waals surface area (Å²) in [6.07, 6.45) is 3.11. The lowest BCUT2D eigenvalue weighted by atomic mass is 10.2. The molecule has 0 fully saturated rings. The predicted molar refractivity (Wildman–Crippen MR) is 73.0 cm³/mol. The molecule has 0 unspecified atom stereocenters. The highest BCUT2D eigenvalue weighted by atomic mass is 16.5. The average Bonchev–Trinajstić information content (AvgIpc) is 2.48. The van der Waals surface area contributed by atoms with E-state index in [1.807, 2.05) is 30.3 Å². The van der Waals surface area contributed by atoms with Crippen LogP contribution in [0, 0.1) is 0 Å². The normalized spacial score (nSPS) is 10.4. The van der Waals surface area contributed by atoms with Crippen LogP contribution in [0.1, 0.15) is 10.5 Å². The van der Waals surface area contributed by atoms with Gasteiger partial charge < -0.3 is 9.84 Å². The van der Waals surface area contributed by atoms with Crippen LogP contribution in [-0.2, 0) is 0 Å². The van der Waals surface area contributed by atoms with E-state index < -0.39 is 5.97 Å². The molecular formula is C15H10N2O3. The van der Waals surface area contributed by atoms with Crippen LogP contribution in [0.15, 0.2) is 54.9 Å². The zero-order valence-electron chi connectivity index (χ0n) is 10.4. The SMILES string of the molecule is O=C(O)c1ccc(Oc2cccc3ncccc23)cn1. The van der Waals surface area contributed by atoms with Crippen molar-refractivity contribution < 1.29 is 14.6 Å². The Kier molecular flexibility index (Phi) is 3.01. The highest BCUT2D eigenvalue weighted by Gasteiger charge is 2.06. The Morgan fingerprint density at radius 3 is 2.70 bits per heavy atom. The van der Waals surface area contributed by atoms with E-state index in [0.717, 1.165) is 10.9 Å². The van der Waals surface area contributed by atoms with Gasteiger partial charge in [-0.1, -0.05) is 6.07 Å². The molecule has 1 N–H and O–H groups in total. The molecule has 0 atom stereocenters. The summed E-state index contributed by atoms with van der Waals surface area (Å²) in [4.78, 5) is 18.8. The van der Waals surface area contributed by atoms with E-state index >= 15 is 0 Å². The summed E-state index contributed by atoms with van der Waals surface area (Å²) in [6, 6.07) is 12.3. The number of pyridine rings is 2. The smallest absolute Gasteiger partial charge is 0.354 e. The van der Waals surface area contributed by atoms with Crippen LogP contribution in [0.5, 0.6) is 11.5 Å². The number of fused-ring (bicyclic) bond motifs is 1. The summed E-state index contributed by atoms with van der Waals surface area (Å²) in [5.41, 5.74) is 0.817. The third-order valence-corrected chi connectivity index (χ3v) is 2.79. The monoisotopic (exact) mass is 266 g/mol. The second-order valence-electron chi connectivity index (χ2n) is 4.11. The van der Waals surface area contributed by atoms with Crippen molar-refractivity contribution >= 4 is 16.9 Å². The minimum Gasteiger partial charge on any atom is -0.477 e. The Morgan fingerprint density at radius 1 is 1.05 bits per heavy atom. The number of hydrogen-bond donors (Lipinski definition) is 1. The molecule has 98 valence electrons. The summed E-state index contributed by atoms with van der Waals surface area (Å²) in [5, 5.41) is 9.68. The predicted octanol–water partition coefficient (Wildman–Crippen LogP) is 3.12. The Morgan fingerprint density at radius 2 is 1.95 bits per heavy atom. The maximum absolute atomic E-state index is 10.7. The number of rotatable bonds is 3. The quantitative estimate of drug-likeness (QED) is 0.788. The maximum atomic E-state index is 10.7. The molecule has 0 aliphatic rings. The zero-order valence-corrected chi connectivity index (χ0v) is 10.4. The van der Waals surface area contributed by atoms with Crippen LogP contribution >= 0.6 is 0 Å². The van der Waals surface area contributed by atoms with Gasteiger partial charge in [0.1, 0.15) is 17.2 Å². The minimum absolute atomic E-state index is 0.0167. The van der Waals surface area contributed by atoms with Gasteiger partial charge in [-0.05, 0) is 36.4 Å². The molecule has 0 bridgehead atoms. The number of benzene rings is 1. The summed E-state index contributed by atoms with van der Waals surface area (Å²) >= 11 is 0. The molecule has 0 amide bonds. The van der Waals surface area contributed by atoms with Gasteiger partial charge in [-0.15, -0.1) is 0 Å². The first-order valence-corrected chi connectivity index (χ1v) is 5.95. The lowest BCUT2D eigenvalue weighted by molar-refractivity contribution is 0.0690. The largest absolute Gasteiger partial charge is 0.477 e. The van der Waals surface area contributed by atoms with Gasteiger partial charge in [0.15, 0.2) is 0 Å². The number of aromatic carboxylic acids is 1. The fourth-order valence-electron chi connectivity index (χ4n) is 1.86. The number of hydrogen-bond acceptors (Lipinski definition) is 4. The third-order valence-electron chi connectivity index (χ3n) is 2.79. The average molecular weight is 266 g/mol. The molecule has 20 heavy (non-hydrogen) atoms. The maximum Gasteiger partial charge on any atom is 0.354 e. The van der Waals surface area contributed by atoms with E-state index in [9.17, 15) is 4.79 Å². The summed E-state index contributed by atoms with van der Waals surface area (Å²) in [6.45, 7) is 0. The van der Waals surface area contributed by atoms with Crippen molar-refractivity contribution in [2.24, 2.45) is 0 Å².